The van der Waals surface area contributed by atoms with Crippen molar-refractivity contribution in [2.45, 2.75) is 45.4 Å². The molecule has 1 aromatic carbocycles. The van der Waals surface area contributed by atoms with Crippen LogP contribution in [0.4, 0.5) is 0 Å². The first-order valence-corrected chi connectivity index (χ1v) is 8.03. The molecule has 0 heterocycles. The average Bonchev–Trinajstić information content (AvgIpc) is 2.26. The van der Waals surface area contributed by atoms with Crippen LogP contribution in [-0.2, 0) is 19.1 Å². The predicted octanol–water partition coefficient (Wildman–Crippen LogP) is 3.38. The number of rotatable bonds is 5. The Kier molecular flexibility index (Phi) is 5.34. The van der Waals surface area contributed by atoms with Crippen LogP contribution >= 0.6 is 0 Å². The number of carbonyl (C=O) groups excluding carboxylic acids is 1. The van der Waals surface area contributed by atoms with Gasteiger partial charge in [-0.3, -0.25) is 4.79 Å². The van der Waals surface area contributed by atoms with Crippen molar-refractivity contribution in [3.63, 3.8) is 0 Å². The van der Waals surface area contributed by atoms with E-state index in [1.54, 1.807) is 18.2 Å². The molecule has 4 nitrogen and oxygen atoms in total. The van der Waals surface area contributed by atoms with Gasteiger partial charge < -0.3 is 4.18 Å². The van der Waals surface area contributed by atoms with Gasteiger partial charge in [-0.25, -0.2) is 0 Å². The Hall–Kier alpha value is -1.36. The van der Waals surface area contributed by atoms with Gasteiger partial charge in [0.15, 0.2) is 0 Å². The lowest BCUT2D eigenvalue weighted by molar-refractivity contribution is -0.134. The number of hydrogen-bond donors (Lipinski definition) is 0. The summed E-state index contributed by atoms with van der Waals surface area (Å²) in [5.41, 5.74) is 0.0952. The molecule has 0 bridgehead atoms. The first kappa shape index (κ1) is 16.7. The van der Waals surface area contributed by atoms with Crippen molar-refractivity contribution in [2.75, 3.05) is 0 Å². The maximum Gasteiger partial charge on any atom is 0.341 e. The Morgan fingerprint density at radius 3 is 2.25 bits per heavy atom. The molecule has 0 aliphatic carbocycles. The van der Waals surface area contributed by atoms with Crippen LogP contribution in [-0.4, -0.2) is 14.4 Å². The first-order chi connectivity index (χ1) is 9.10. The molecule has 5 heteroatoms. The highest BCUT2D eigenvalue weighted by Crippen LogP contribution is 2.26. The molecule has 0 saturated carbocycles. The quantitative estimate of drug-likeness (QED) is 0.782. The highest BCUT2D eigenvalue weighted by Gasteiger charge is 2.23. The molecule has 20 heavy (non-hydrogen) atoms. The van der Waals surface area contributed by atoms with Gasteiger partial charge >= 0.3 is 16.1 Å². The van der Waals surface area contributed by atoms with Crippen molar-refractivity contribution in [3.8, 4) is 0 Å². The topological polar surface area (TPSA) is 60.4 Å². The second-order valence-electron chi connectivity index (χ2n) is 6.30. The van der Waals surface area contributed by atoms with E-state index in [-0.39, 0.29) is 22.6 Å². The molecular weight excluding hydrogens is 276 g/mol. The minimum Gasteiger partial charge on any atom is -0.342 e. The Labute approximate surface area is 121 Å². The summed E-state index contributed by atoms with van der Waals surface area (Å²) < 4.78 is 28.4. The molecule has 0 fully saturated rings. The third kappa shape index (κ3) is 5.74. The van der Waals surface area contributed by atoms with Crippen LogP contribution < -0.4 is 0 Å². The molecule has 0 radical (unpaired) electrons. The summed E-state index contributed by atoms with van der Waals surface area (Å²) >= 11 is 0. The molecule has 1 aromatic rings. The van der Waals surface area contributed by atoms with Gasteiger partial charge in [-0.2, -0.15) is 8.42 Å². The minimum absolute atomic E-state index is 0.00294. The zero-order valence-electron chi connectivity index (χ0n) is 12.4. The van der Waals surface area contributed by atoms with Crippen LogP contribution in [0.3, 0.4) is 0 Å². The van der Waals surface area contributed by atoms with Crippen molar-refractivity contribution >= 4 is 16.1 Å². The number of benzene rings is 1. The van der Waals surface area contributed by atoms with Gasteiger partial charge in [0.2, 0.25) is 0 Å². The molecule has 1 unspecified atom stereocenters. The molecule has 1 rings (SSSR count). The molecular formula is C15H22O4S. The van der Waals surface area contributed by atoms with E-state index in [1.807, 2.05) is 6.92 Å². The second kappa shape index (κ2) is 6.39. The maximum atomic E-state index is 11.9. The molecule has 0 spiro atoms. The summed E-state index contributed by atoms with van der Waals surface area (Å²) in [4.78, 5) is 11.7. The Bertz CT molecular complexity index is 541. The fraction of sp³-hybridized carbons (Fsp3) is 0.533. The second-order valence-corrected chi connectivity index (χ2v) is 7.84. The third-order valence-electron chi connectivity index (χ3n) is 2.71. The SMILES string of the molecule is CC(CC(=O)OS(=O)(=O)c1ccccc1)CC(C)(C)C. The summed E-state index contributed by atoms with van der Waals surface area (Å²) in [5.74, 6) is -0.626. The van der Waals surface area contributed by atoms with E-state index >= 15 is 0 Å². The molecule has 0 aromatic heterocycles. The van der Waals surface area contributed by atoms with Gasteiger partial charge in [0, 0.05) is 6.42 Å². The van der Waals surface area contributed by atoms with E-state index in [0.717, 1.165) is 6.42 Å². The number of hydrogen-bond acceptors (Lipinski definition) is 4. The highest BCUT2D eigenvalue weighted by molar-refractivity contribution is 7.87. The van der Waals surface area contributed by atoms with Crippen molar-refractivity contribution < 1.29 is 17.4 Å². The Morgan fingerprint density at radius 2 is 1.75 bits per heavy atom. The van der Waals surface area contributed by atoms with Crippen molar-refractivity contribution in [3.05, 3.63) is 30.3 Å². The van der Waals surface area contributed by atoms with Crippen LogP contribution in [0.15, 0.2) is 35.2 Å². The summed E-state index contributed by atoms with van der Waals surface area (Å²) in [5, 5.41) is 0. The van der Waals surface area contributed by atoms with Gasteiger partial charge in [0.1, 0.15) is 4.90 Å². The van der Waals surface area contributed by atoms with Crippen LogP contribution in [0.1, 0.15) is 40.5 Å². The summed E-state index contributed by atoms with van der Waals surface area (Å²) in [6.45, 7) is 8.16. The minimum atomic E-state index is -4.00. The smallest absolute Gasteiger partial charge is 0.341 e. The molecule has 1 atom stereocenters. The van der Waals surface area contributed by atoms with Crippen LogP contribution in [0.25, 0.3) is 0 Å². The van der Waals surface area contributed by atoms with E-state index in [0.29, 0.717) is 0 Å². The Balaban J connectivity index is 2.63. The molecule has 0 aliphatic rings. The van der Waals surface area contributed by atoms with Crippen LogP contribution in [0.2, 0.25) is 0 Å². The van der Waals surface area contributed by atoms with Gasteiger partial charge in [-0.15, -0.1) is 0 Å². The number of carbonyl (C=O) groups is 1. The predicted molar refractivity (Wildman–Crippen MR) is 77.6 cm³/mol. The van der Waals surface area contributed by atoms with E-state index in [9.17, 15) is 13.2 Å². The summed E-state index contributed by atoms with van der Waals surface area (Å²) in [6.07, 6.45) is 0.927. The molecule has 0 saturated heterocycles. The van der Waals surface area contributed by atoms with Gasteiger partial charge in [-0.05, 0) is 29.9 Å². The largest absolute Gasteiger partial charge is 0.342 e. The lowest BCUT2D eigenvalue weighted by Crippen LogP contribution is -2.18. The molecule has 112 valence electrons. The lowest BCUT2D eigenvalue weighted by atomic mass is 9.84. The van der Waals surface area contributed by atoms with Gasteiger partial charge in [0.25, 0.3) is 0 Å². The highest BCUT2D eigenvalue weighted by atomic mass is 32.2. The fourth-order valence-corrected chi connectivity index (χ4v) is 3.09. The molecule has 0 amide bonds. The lowest BCUT2D eigenvalue weighted by Gasteiger charge is -2.22. The first-order valence-electron chi connectivity index (χ1n) is 6.62. The van der Waals surface area contributed by atoms with Gasteiger partial charge in [-0.1, -0.05) is 45.9 Å². The van der Waals surface area contributed by atoms with Crippen LogP contribution in [0, 0.1) is 11.3 Å². The van der Waals surface area contributed by atoms with Crippen molar-refractivity contribution in [1.82, 2.24) is 0 Å². The maximum absolute atomic E-state index is 11.9. The molecule has 0 aliphatic heterocycles. The van der Waals surface area contributed by atoms with Crippen LogP contribution in [0.5, 0.6) is 0 Å². The standard InChI is InChI=1S/C15H22O4S/c1-12(11-15(2,3)4)10-14(16)19-20(17,18)13-8-6-5-7-9-13/h5-9,12H,10-11H2,1-4H3. The zero-order valence-corrected chi connectivity index (χ0v) is 13.2. The monoisotopic (exact) mass is 298 g/mol. The average molecular weight is 298 g/mol. The van der Waals surface area contributed by atoms with E-state index in [2.05, 4.69) is 25.0 Å². The Morgan fingerprint density at radius 1 is 1.20 bits per heavy atom. The third-order valence-corrected chi connectivity index (χ3v) is 3.97. The zero-order chi connectivity index (χ0) is 15.4. The van der Waals surface area contributed by atoms with Gasteiger partial charge in [0.05, 0.1) is 0 Å². The van der Waals surface area contributed by atoms with Crippen molar-refractivity contribution in [1.29, 1.82) is 0 Å². The van der Waals surface area contributed by atoms with E-state index < -0.39 is 16.1 Å². The molecule has 0 N–H and O–H groups in total. The van der Waals surface area contributed by atoms with Crippen molar-refractivity contribution in [2.24, 2.45) is 11.3 Å². The van der Waals surface area contributed by atoms with E-state index in [4.69, 9.17) is 0 Å². The normalized spacial score (nSPS) is 13.8. The van der Waals surface area contributed by atoms with E-state index in [1.165, 1.54) is 12.1 Å². The summed E-state index contributed by atoms with van der Waals surface area (Å²) in [7, 11) is -4.00. The summed E-state index contributed by atoms with van der Waals surface area (Å²) in [6, 6.07) is 7.68. The fourth-order valence-electron chi connectivity index (χ4n) is 2.19.